The fourth-order valence-electron chi connectivity index (χ4n) is 3.37. The smallest absolute Gasteiger partial charge is 0.0957 e. The first-order chi connectivity index (χ1) is 10.4. The maximum Gasteiger partial charge on any atom is 0.0957 e. The van der Waals surface area contributed by atoms with Gasteiger partial charge in [0.2, 0.25) is 0 Å². The van der Waals surface area contributed by atoms with E-state index in [4.69, 9.17) is 0 Å². The molecule has 0 aromatic carbocycles. The highest BCUT2D eigenvalue weighted by molar-refractivity contribution is 4.75. The Morgan fingerprint density at radius 3 is 1.22 bits per heavy atom. The van der Waals surface area contributed by atoms with Crippen LogP contribution in [-0.2, 0) is 0 Å². The minimum absolute atomic E-state index is 0. The lowest BCUT2D eigenvalue weighted by Crippen LogP contribution is -3.00. The normalized spacial score (nSPS) is 14.3. The van der Waals surface area contributed by atoms with E-state index in [0.29, 0.717) is 5.54 Å². The maximum atomic E-state index is 2.53. The molecule has 0 aliphatic rings. The first-order valence-corrected chi connectivity index (χ1v) is 10.2. The number of hydrogen-bond donors (Lipinski definition) is 0. The molecule has 1 nitrogen and oxygen atoms in total. The average Bonchev–Trinajstić information content (AvgIpc) is 2.45. The van der Waals surface area contributed by atoms with Crippen molar-refractivity contribution < 1.29 is 21.5 Å². The summed E-state index contributed by atoms with van der Waals surface area (Å²) in [7, 11) is 7.18. The van der Waals surface area contributed by atoms with Crippen LogP contribution in [0.3, 0.4) is 0 Å². The standard InChI is InChI=1S/C21H46N.BrH/c1-7-9-11-13-14-15-16-18-20-21(3,22(4,5)6)19-17-12-10-8-2;/h7-20H2,1-6H3;1H/q+1;/p-1. The fraction of sp³-hybridized carbons (Fsp3) is 1.00. The zero-order valence-corrected chi connectivity index (χ0v) is 18.8. The maximum absolute atomic E-state index is 2.53. The van der Waals surface area contributed by atoms with E-state index in [1.54, 1.807) is 0 Å². The van der Waals surface area contributed by atoms with Crippen LogP contribution in [0.2, 0.25) is 0 Å². The molecule has 2 heteroatoms. The molecule has 142 valence electrons. The van der Waals surface area contributed by atoms with E-state index >= 15 is 0 Å². The number of nitrogens with zero attached hydrogens (tertiary/aromatic N) is 1. The fourth-order valence-corrected chi connectivity index (χ4v) is 3.37. The van der Waals surface area contributed by atoms with Crippen LogP contribution in [0, 0.1) is 0 Å². The Labute approximate surface area is 159 Å². The minimum atomic E-state index is 0. The number of quaternary nitrogens is 1. The van der Waals surface area contributed by atoms with Crippen molar-refractivity contribution in [1.82, 2.24) is 0 Å². The SMILES string of the molecule is CCCCCCCCCCC(C)(CCCCCC)[N+](C)(C)C.[Br-]. The molecule has 0 amide bonds. The van der Waals surface area contributed by atoms with Crippen molar-refractivity contribution in [1.29, 1.82) is 0 Å². The van der Waals surface area contributed by atoms with Crippen molar-refractivity contribution in [2.24, 2.45) is 0 Å². The van der Waals surface area contributed by atoms with Gasteiger partial charge in [-0.05, 0) is 19.8 Å². The van der Waals surface area contributed by atoms with E-state index in [1.807, 2.05) is 0 Å². The predicted octanol–water partition coefficient (Wildman–Crippen LogP) is 3.96. The summed E-state index contributed by atoms with van der Waals surface area (Å²) in [5, 5.41) is 0. The van der Waals surface area contributed by atoms with Crippen LogP contribution in [-0.4, -0.2) is 31.2 Å². The minimum Gasteiger partial charge on any atom is -1.00 e. The van der Waals surface area contributed by atoms with Gasteiger partial charge in [0, 0.05) is 12.8 Å². The van der Waals surface area contributed by atoms with Gasteiger partial charge < -0.3 is 21.5 Å². The molecule has 0 bridgehead atoms. The van der Waals surface area contributed by atoms with Crippen LogP contribution in [0.4, 0.5) is 0 Å². The summed E-state index contributed by atoms with van der Waals surface area (Å²) in [5.41, 5.74) is 0.468. The van der Waals surface area contributed by atoms with Crippen LogP contribution in [0.25, 0.3) is 0 Å². The first-order valence-electron chi connectivity index (χ1n) is 10.2. The van der Waals surface area contributed by atoms with Crippen LogP contribution in [0.5, 0.6) is 0 Å². The summed E-state index contributed by atoms with van der Waals surface area (Å²) in [6.45, 7) is 7.13. The highest BCUT2D eigenvalue weighted by Crippen LogP contribution is 2.31. The Morgan fingerprint density at radius 1 is 0.565 bits per heavy atom. The number of hydrogen-bond acceptors (Lipinski definition) is 0. The molecule has 0 N–H and O–H groups in total. The van der Waals surface area contributed by atoms with E-state index in [2.05, 4.69) is 41.9 Å². The van der Waals surface area contributed by atoms with Crippen LogP contribution >= 0.6 is 0 Å². The summed E-state index contributed by atoms with van der Waals surface area (Å²) in [4.78, 5) is 0. The molecule has 0 aromatic heterocycles. The molecule has 0 rings (SSSR count). The molecule has 23 heavy (non-hydrogen) atoms. The van der Waals surface area contributed by atoms with Crippen molar-refractivity contribution in [2.45, 2.75) is 116 Å². The monoisotopic (exact) mass is 391 g/mol. The van der Waals surface area contributed by atoms with Crippen molar-refractivity contribution in [3.8, 4) is 0 Å². The Kier molecular flexibility index (Phi) is 16.5. The van der Waals surface area contributed by atoms with Gasteiger partial charge >= 0.3 is 0 Å². The summed E-state index contributed by atoms with van der Waals surface area (Å²) in [6.07, 6.45) is 19.9. The molecule has 0 heterocycles. The van der Waals surface area contributed by atoms with Crippen molar-refractivity contribution >= 4 is 0 Å². The molecule has 0 fully saturated rings. The van der Waals surface area contributed by atoms with Gasteiger partial charge in [0.25, 0.3) is 0 Å². The lowest BCUT2D eigenvalue weighted by atomic mass is 9.85. The van der Waals surface area contributed by atoms with Crippen LogP contribution < -0.4 is 17.0 Å². The highest BCUT2D eigenvalue weighted by Gasteiger charge is 2.36. The second-order valence-electron chi connectivity index (χ2n) is 8.54. The molecule has 1 atom stereocenters. The molecule has 1 unspecified atom stereocenters. The van der Waals surface area contributed by atoms with E-state index < -0.39 is 0 Å². The number of unbranched alkanes of at least 4 members (excludes halogenated alkanes) is 10. The average molecular weight is 393 g/mol. The number of halogens is 1. The predicted molar refractivity (Wildman–Crippen MR) is 102 cm³/mol. The van der Waals surface area contributed by atoms with E-state index in [1.165, 1.54) is 89.9 Å². The van der Waals surface area contributed by atoms with Gasteiger partial charge in [0.15, 0.2) is 0 Å². The van der Waals surface area contributed by atoms with E-state index in [-0.39, 0.29) is 17.0 Å². The molecular formula is C21H46BrN. The Morgan fingerprint density at radius 2 is 0.870 bits per heavy atom. The molecule has 0 spiro atoms. The third-order valence-electron chi connectivity index (χ3n) is 5.76. The zero-order valence-electron chi connectivity index (χ0n) is 17.2. The lowest BCUT2D eigenvalue weighted by Gasteiger charge is -2.44. The molecule has 0 aliphatic heterocycles. The van der Waals surface area contributed by atoms with Gasteiger partial charge in [-0.15, -0.1) is 0 Å². The second-order valence-corrected chi connectivity index (χ2v) is 8.54. The molecule has 0 saturated heterocycles. The zero-order chi connectivity index (χ0) is 16.9. The van der Waals surface area contributed by atoms with E-state index in [9.17, 15) is 0 Å². The van der Waals surface area contributed by atoms with Gasteiger partial charge in [0.1, 0.15) is 0 Å². The van der Waals surface area contributed by atoms with Gasteiger partial charge in [-0.1, -0.05) is 78.1 Å². The molecule has 0 radical (unpaired) electrons. The largest absolute Gasteiger partial charge is 1.00 e. The van der Waals surface area contributed by atoms with Crippen molar-refractivity contribution in [2.75, 3.05) is 21.1 Å². The third kappa shape index (κ3) is 12.5. The van der Waals surface area contributed by atoms with Crippen molar-refractivity contribution in [3.05, 3.63) is 0 Å². The third-order valence-corrected chi connectivity index (χ3v) is 5.76. The van der Waals surface area contributed by atoms with Crippen molar-refractivity contribution in [3.63, 3.8) is 0 Å². The van der Waals surface area contributed by atoms with Crippen LogP contribution in [0.15, 0.2) is 0 Å². The summed E-state index contributed by atoms with van der Waals surface area (Å²) in [5.74, 6) is 0. The summed E-state index contributed by atoms with van der Waals surface area (Å²) >= 11 is 0. The topological polar surface area (TPSA) is 0 Å². The lowest BCUT2D eigenvalue weighted by molar-refractivity contribution is -0.923. The molecule has 0 aromatic rings. The Balaban J connectivity index is 0. The van der Waals surface area contributed by atoms with Gasteiger partial charge in [-0.3, -0.25) is 0 Å². The quantitative estimate of drug-likeness (QED) is 0.292. The summed E-state index contributed by atoms with van der Waals surface area (Å²) < 4.78 is 1.12. The summed E-state index contributed by atoms with van der Waals surface area (Å²) in [6, 6.07) is 0. The first kappa shape index (κ1) is 25.7. The Bertz CT molecular complexity index is 247. The Hall–Kier alpha value is 0.440. The van der Waals surface area contributed by atoms with Gasteiger partial charge in [0.05, 0.1) is 26.7 Å². The number of rotatable bonds is 15. The van der Waals surface area contributed by atoms with E-state index in [0.717, 1.165) is 4.48 Å². The molecule has 0 aliphatic carbocycles. The second kappa shape index (κ2) is 14.8. The van der Waals surface area contributed by atoms with Gasteiger partial charge in [-0.25, -0.2) is 0 Å². The van der Waals surface area contributed by atoms with Gasteiger partial charge in [-0.2, -0.15) is 0 Å². The molecular weight excluding hydrogens is 346 g/mol. The highest BCUT2D eigenvalue weighted by atomic mass is 79.9. The molecule has 0 saturated carbocycles. The van der Waals surface area contributed by atoms with Crippen LogP contribution in [0.1, 0.15) is 111 Å².